The van der Waals surface area contributed by atoms with Gasteiger partial charge in [-0.15, -0.1) is 0 Å². The molecule has 0 fully saturated rings. The number of ether oxygens (including phenoxy) is 1. The van der Waals surface area contributed by atoms with Crippen LogP contribution in [0.5, 0.6) is 5.75 Å². The Kier molecular flexibility index (Phi) is 4.82. The van der Waals surface area contributed by atoms with Crippen LogP contribution >= 0.6 is 0 Å². The smallest absolute Gasteiger partial charge is 0.265 e. The van der Waals surface area contributed by atoms with Gasteiger partial charge in [0.2, 0.25) is 0 Å². The Balaban J connectivity index is 2.05. The highest BCUT2D eigenvalue weighted by Crippen LogP contribution is 2.19. The van der Waals surface area contributed by atoms with Crippen molar-refractivity contribution in [3.05, 3.63) is 54.1 Å². The zero-order valence-electron chi connectivity index (χ0n) is 12.3. The van der Waals surface area contributed by atoms with Gasteiger partial charge in [0.1, 0.15) is 5.75 Å². The summed E-state index contributed by atoms with van der Waals surface area (Å²) in [7, 11) is 0. The zero-order chi connectivity index (χ0) is 15.2. The number of benzene rings is 2. The molecule has 0 spiro atoms. The van der Waals surface area contributed by atoms with Crippen molar-refractivity contribution in [3.63, 3.8) is 0 Å². The van der Waals surface area contributed by atoms with Crippen LogP contribution in [0.15, 0.2) is 48.5 Å². The number of aryl methyl sites for hydroxylation is 1. The molecule has 21 heavy (non-hydrogen) atoms. The van der Waals surface area contributed by atoms with Crippen LogP contribution in [0, 0.1) is 6.92 Å². The van der Waals surface area contributed by atoms with E-state index in [1.807, 2.05) is 38.1 Å². The second kappa shape index (κ2) is 6.79. The SMILES string of the molecule is CC[C@H](Oc1ccccc1C)C(=O)Nc1ccc(N)cc1. The van der Waals surface area contributed by atoms with Gasteiger partial charge in [-0.25, -0.2) is 0 Å². The van der Waals surface area contributed by atoms with Gasteiger partial charge < -0.3 is 15.8 Å². The third-order valence-corrected chi connectivity index (χ3v) is 3.20. The maximum Gasteiger partial charge on any atom is 0.265 e. The molecule has 0 aromatic heterocycles. The third-order valence-electron chi connectivity index (χ3n) is 3.20. The molecule has 0 heterocycles. The quantitative estimate of drug-likeness (QED) is 0.827. The van der Waals surface area contributed by atoms with E-state index in [9.17, 15) is 4.79 Å². The molecule has 4 nitrogen and oxygen atoms in total. The first kappa shape index (κ1) is 14.9. The molecule has 2 rings (SSSR count). The molecule has 4 heteroatoms. The lowest BCUT2D eigenvalue weighted by Gasteiger charge is -2.18. The Hall–Kier alpha value is -2.49. The highest BCUT2D eigenvalue weighted by Gasteiger charge is 2.19. The highest BCUT2D eigenvalue weighted by molar-refractivity contribution is 5.94. The molecule has 0 bridgehead atoms. The lowest BCUT2D eigenvalue weighted by molar-refractivity contribution is -0.122. The minimum atomic E-state index is -0.524. The summed E-state index contributed by atoms with van der Waals surface area (Å²) >= 11 is 0. The van der Waals surface area contributed by atoms with Gasteiger partial charge in [-0.3, -0.25) is 4.79 Å². The van der Waals surface area contributed by atoms with Crippen molar-refractivity contribution in [3.8, 4) is 5.75 Å². The van der Waals surface area contributed by atoms with E-state index in [-0.39, 0.29) is 5.91 Å². The molecule has 3 N–H and O–H groups in total. The van der Waals surface area contributed by atoms with Gasteiger partial charge in [-0.2, -0.15) is 0 Å². The summed E-state index contributed by atoms with van der Waals surface area (Å²) in [6.45, 7) is 3.88. The molecule has 1 amide bonds. The number of carbonyl (C=O) groups excluding carboxylic acids is 1. The van der Waals surface area contributed by atoms with E-state index >= 15 is 0 Å². The molecular weight excluding hydrogens is 264 g/mol. The van der Waals surface area contributed by atoms with Crippen LogP contribution in [-0.4, -0.2) is 12.0 Å². The predicted molar refractivity (Wildman–Crippen MR) is 85.4 cm³/mol. The number of para-hydroxylation sites is 1. The van der Waals surface area contributed by atoms with Crippen molar-refractivity contribution >= 4 is 17.3 Å². The van der Waals surface area contributed by atoms with Crippen molar-refractivity contribution < 1.29 is 9.53 Å². The summed E-state index contributed by atoms with van der Waals surface area (Å²) in [5.74, 6) is 0.572. The molecule has 0 aliphatic heterocycles. The van der Waals surface area contributed by atoms with Crippen LogP contribution in [0.2, 0.25) is 0 Å². The van der Waals surface area contributed by atoms with Gasteiger partial charge in [0, 0.05) is 11.4 Å². The lowest BCUT2D eigenvalue weighted by atomic mass is 10.2. The molecule has 1 atom stereocenters. The molecule has 110 valence electrons. The number of carbonyl (C=O) groups is 1. The Morgan fingerprint density at radius 2 is 1.86 bits per heavy atom. The standard InChI is InChI=1S/C17H20N2O2/c1-3-15(21-16-7-5-4-6-12(16)2)17(20)19-14-10-8-13(18)9-11-14/h4-11,15H,3,18H2,1-2H3,(H,19,20)/t15-/m0/s1. The third kappa shape index (κ3) is 3.99. The van der Waals surface area contributed by atoms with Crippen LogP contribution < -0.4 is 15.8 Å². The van der Waals surface area contributed by atoms with Gasteiger partial charge in [0.25, 0.3) is 5.91 Å². The summed E-state index contributed by atoms with van der Waals surface area (Å²) in [5.41, 5.74) is 8.01. The Labute approximate surface area is 124 Å². The van der Waals surface area contributed by atoms with E-state index in [0.29, 0.717) is 17.8 Å². The topological polar surface area (TPSA) is 64.3 Å². The Morgan fingerprint density at radius 1 is 1.19 bits per heavy atom. The largest absolute Gasteiger partial charge is 0.480 e. The number of nitrogens with one attached hydrogen (secondary N) is 1. The molecule has 0 aliphatic rings. The summed E-state index contributed by atoms with van der Waals surface area (Å²) in [4.78, 5) is 12.3. The summed E-state index contributed by atoms with van der Waals surface area (Å²) in [6, 6.07) is 14.7. The van der Waals surface area contributed by atoms with Gasteiger partial charge in [-0.05, 0) is 49.2 Å². The van der Waals surface area contributed by atoms with Crippen molar-refractivity contribution in [1.29, 1.82) is 0 Å². The first-order chi connectivity index (χ1) is 10.1. The molecule has 0 radical (unpaired) electrons. The molecule has 0 saturated heterocycles. The van der Waals surface area contributed by atoms with Crippen molar-refractivity contribution in [2.24, 2.45) is 0 Å². The van der Waals surface area contributed by atoms with Gasteiger partial charge in [0.15, 0.2) is 6.10 Å². The maximum atomic E-state index is 12.3. The number of amides is 1. The average Bonchev–Trinajstić information content (AvgIpc) is 2.48. The van der Waals surface area contributed by atoms with Crippen molar-refractivity contribution in [2.45, 2.75) is 26.4 Å². The van der Waals surface area contributed by atoms with E-state index in [1.165, 1.54) is 0 Å². The summed E-state index contributed by atoms with van der Waals surface area (Å²) in [6.07, 6.45) is 0.0680. The normalized spacial score (nSPS) is 11.7. The van der Waals surface area contributed by atoms with E-state index < -0.39 is 6.10 Å². The number of rotatable bonds is 5. The lowest BCUT2D eigenvalue weighted by Crippen LogP contribution is -2.32. The van der Waals surface area contributed by atoms with Gasteiger partial charge >= 0.3 is 0 Å². The van der Waals surface area contributed by atoms with E-state index in [4.69, 9.17) is 10.5 Å². The molecule has 2 aromatic rings. The Morgan fingerprint density at radius 3 is 2.48 bits per heavy atom. The van der Waals surface area contributed by atoms with Crippen LogP contribution in [0.25, 0.3) is 0 Å². The number of hydrogen-bond acceptors (Lipinski definition) is 3. The zero-order valence-corrected chi connectivity index (χ0v) is 12.3. The fraction of sp³-hybridized carbons (Fsp3) is 0.235. The molecular formula is C17H20N2O2. The second-order valence-electron chi connectivity index (χ2n) is 4.89. The molecule has 0 aliphatic carbocycles. The Bertz CT molecular complexity index is 608. The number of nitrogen functional groups attached to an aromatic ring is 1. The minimum absolute atomic E-state index is 0.162. The molecule has 0 unspecified atom stereocenters. The van der Waals surface area contributed by atoms with E-state index in [1.54, 1.807) is 24.3 Å². The van der Waals surface area contributed by atoms with Crippen LogP contribution in [-0.2, 0) is 4.79 Å². The van der Waals surface area contributed by atoms with Crippen molar-refractivity contribution in [1.82, 2.24) is 0 Å². The predicted octanol–water partition coefficient (Wildman–Crippen LogP) is 3.37. The summed E-state index contributed by atoms with van der Waals surface area (Å²) < 4.78 is 5.82. The highest BCUT2D eigenvalue weighted by atomic mass is 16.5. The number of hydrogen-bond donors (Lipinski definition) is 2. The molecule has 2 aromatic carbocycles. The fourth-order valence-corrected chi connectivity index (χ4v) is 1.95. The van der Waals surface area contributed by atoms with Gasteiger partial charge in [0.05, 0.1) is 0 Å². The maximum absolute atomic E-state index is 12.3. The number of anilines is 2. The number of nitrogens with two attached hydrogens (primary N) is 1. The van der Waals surface area contributed by atoms with Crippen molar-refractivity contribution in [2.75, 3.05) is 11.1 Å². The van der Waals surface area contributed by atoms with E-state index in [2.05, 4.69) is 5.32 Å². The summed E-state index contributed by atoms with van der Waals surface area (Å²) in [5, 5.41) is 2.84. The molecule has 0 saturated carbocycles. The first-order valence-electron chi connectivity index (χ1n) is 6.99. The van der Waals surface area contributed by atoms with E-state index in [0.717, 1.165) is 11.3 Å². The minimum Gasteiger partial charge on any atom is -0.480 e. The van der Waals surface area contributed by atoms with Crippen LogP contribution in [0.1, 0.15) is 18.9 Å². The average molecular weight is 284 g/mol. The van der Waals surface area contributed by atoms with Crippen LogP contribution in [0.3, 0.4) is 0 Å². The monoisotopic (exact) mass is 284 g/mol. The fourth-order valence-electron chi connectivity index (χ4n) is 1.95. The van der Waals surface area contributed by atoms with Gasteiger partial charge in [-0.1, -0.05) is 25.1 Å². The first-order valence-corrected chi connectivity index (χ1v) is 6.99. The second-order valence-corrected chi connectivity index (χ2v) is 4.89. The van der Waals surface area contributed by atoms with Crippen LogP contribution in [0.4, 0.5) is 11.4 Å².